The predicted octanol–water partition coefficient (Wildman–Crippen LogP) is 4.11. The Labute approximate surface area is 150 Å². The minimum atomic E-state index is 0.607. The van der Waals surface area contributed by atoms with Crippen LogP contribution in [0.2, 0.25) is 0 Å². The van der Waals surface area contributed by atoms with Gasteiger partial charge in [0.25, 0.3) is 0 Å². The predicted molar refractivity (Wildman–Crippen MR) is 97.2 cm³/mol. The lowest BCUT2D eigenvalue weighted by molar-refractivity contribution is 0.171. The lowest BCUT2D eigenvalue weighted by Gasteiger charge is -2.20. The fourth-order valence-electron chi connectivity index (χ4n) is 2.89. The summed E-state index contributed by atoms with van der Waals surface area (Å²) in [5.41, 5.74) is 2.16. The average molecular weight is 356 g/mol. The molecule has 0 bridgehead atoms. The molecule has 1 aliphatic heterocycles. The molecule has 130 valence electrons. The van der Waals surface area contributed by atoms with Crippen molar-refractivity contribution < 1.29 is 13.9 Å². The van der Waals surface area contributed by atoms with Crippen molar-refractivity contribution in [1.82, 2.24) is 9.88 Å². The summed E-state index contributed by atoms with van der Waals surface area (Å²) in [6.07, 6.45) is 0. The van der Waals surface area contributed by atoms with Gasteiger partial charge in [-0.1, -0.05) is 12.1 Å². The number of aromatic nitrogens is 1. The van der Waals surface area contributed by atoms with Crippen molar-refractivity contribution in [2.24, 2.45) is 0 Å². The monoisotopic (exact) mass is 356 g/mol. The van der Waals surface area contributed by atoms with E-state index in [1.807, 2.05) is 30.5 Å². The molecule has 6 heteroatoms. The number of ether oxygens (including phenoxy) is 2. The van der Waals surface area contributed by atoms with E-state index in [9.17, 15) is 0 Å². The molecule has 1 aliphatic rings. The molecule has 0 fully saturated rings. The van der Waals surface area contributed by atoms with Crippen LogP contribution in [0.1, 0.15) is 17.0 Å². The number of fused-ring (bicyclic) bond motifs is 1. The van der Waals surface area contributed by atoms with E-state index < -0.39 is 0 Å². The summed E-state index contributed by atoms with van der Waals surface area (Å²) < 4.78 is 17.1. The first-order valence-corrected chi connectivity index (χ1v) is 9.14. The fourth-order valence-corrected chi connectivity index (χ4v) is 3.54. The highest BCUT2D eigenvalue weighted by Crippen LogP contribution is 2.31. The number of oxazole rings is 1. The van der Waals surface area contributed by atoms with E-state index in [2.05, 4.69) is 29.1 Å². The van der Waals surface area contributed by atoms with Crippen molar-refractivity contribution in [3.63, 3.8) is 0 Å². The first kappa shape index (κ1) is 16.2. The van der Waals surface area contributed by atoms with Crippen molar-refractivity contribution in [1.29, 1.82) is 0 Å². The summed E-state index contributed by atoms with van der Waals surface area (Å²) in [5, 5.41) is 2.03. The lowest BCUT2D eigenvalue weighted by Crippen LogP contribution is -2.19. The van der Waals surface area contributed by atoms with Gasteiger partial charge in [-0.05, 0) is 43.1 Å². The van der Waals surface area contributed by atoms with Crippen LogP contribution in [0.4, 0.5) is 0 Å². The molecule has 0 unspecified atom stereocenters. The molecule has 0 amide bonds. The zero-order valence-electron chi connectivity index (χ0n) is 14.3. The smallest absolute Gasteiger partial charge is 0.236 e. The highest BCUT2D eigenvalue weighted by atomic mass is 32.1. The molecule has 3 aromatic rings. The Morgan fingerprint density at radius 1 is 1.12 bits per heavy atom. The Morgan fingerprint density at radius 3 is 2.76 bits per heavy atom. The van der Waals surface area contributed by atoms with Crippen molar-refractivity contribution in [3.8, 4) is 22.3 Å². The standard InChI is InChI=1S/C19H20N2O3S/c1-13-15(20-19(24-13)18-4-3-9-25-18)12-21(2)11-14-5-6-16-17(10-14)23-8-7-22-16/h3-6,9-10H,7-8,11-12H2,1-2H3. The van der Waals surface area contributed by atoms with Crippen LogP contribution in [0.3, 0.4) is 0 Å². The van der Waals surface area contributed by atoms with E-state index in [0.29, 0.717) is 19.1 Å². The lowest BCUT2D eigenvalue weighted by atomic mass is 10.2. The van der Waals surface area contributed by atoms with Gasteiger partial charge in [-0.25, -0.2) is 4.98 Å². The van der Waals surface area contributed by atoms with Crippen molar-refractivity contribution >= 4 is 11.3 Å². The topological polar surface area (TPSA) is 47.7 Å². The number of hydrogen-bond acceptors (Lipinski definition) is 6. The van der Waals surface area contributed by atoms with Crippen molar-refractivity contribution in [3.05, 3.63) is 52.7 Å². The minimum absolute atomic E-state index is 0.607. The zero-order chi connectivity index (χ0) is 17.2. The van der Waals surface area contributed by atoms with Gasteiger partial charge in [0, 0.05) is 13.1 Å². The fraction of sp³-hybridized carbons (Fsp3) is 0.316. The van der Waals surface area contributed by atoms with Crippen LogP contribution in [0, 0.1) is 6.92 Å². The molecular weight excluding hydrogens is 336 g/mol. The van der Waals surface area contributed by atoms with E-state index in [1.54, 1.807) is 11.3 Å². The van der Waals surface area contributed by atoms with Gasteiger partial charge < -0.3 is 13.9 Å². The summed E-state index contributed by atoms with van der Waals surface area (Å²) in [4.78, 5) is 7.94. The van der Waals surface area contributed by atoms with Gasteiger partial charge in [0.1, 0.15) is 19.0 Å². The minimum Gasteiger partial charge on any atom is -0.486 e. The van der Waals surface area contributed by atoms with Crippen LogP contribution in [0.5, 0.6) is 11.5 Å². The number of nitrogens with zero attached hydrogens (tertiary/aromatic N) is 2. The van der Waals surface area contributed by atoms with E-state index in [4.69, 9.17) is 13.9 Å². The Hall–Kier alpha value is -2.31. The van der Waals surface area contributed by atoms with Crippen LogP contribution < -0.4 is 9.47 Å². The van der Waals surface area contributed by atoms with E-state index in [0.717, 1.165) is 40.9 Å². The number of aryl methyl sites for hydroxylation is 1. The quantitative estimate of drug-likeness (QED) is 0.688. The van der Waals surface area contributed by atoms with Gasteiger partial charge in [-0.2, -0.15) is 0 Å². The maximum Gasteiger partial charge on any atom is 0.236 e. The third-order valence-electron chi connectivity index (χ3n) is 4.10. The Morgan fingerprint density at radius 2 is 1.96 bits per heavy atom. The summed E-state index contributed by atoms with van der Waals surface area (Å²) in [7, 11) is 2.08. The normalized spacial score (nSPS) is 13.4. The third kappa shape index (κ3) is 3.55. The molecule has 0 N–H and O–H groups in total. The molecule has 0 aliphatic carbocycles. The average Bonchev–Trinajstić information content (AvgIpc) is 3.25. The second-order valence-electron chi connectivity index (χ2n) is 6.15. The van der Waals surface area contributed by atoms with E-state index in [1.165, 1.54) is 5.56 Å². The molecule has 1 aromatic carbocycles. The maximum atomic E-state index is 5.82. The molecule has 0 saturated carbocycles. The molecule has 0 radical (unpaired) electrons. The molecular formula is C19H20N2O3S. The van der Waals surface area contributed by atoms with Gasteiger partial charge in [0.05, 0.1) is 10.6 Å². The number of hydrogen-bond donors (Lipinski definition) is 0. The number of thiophene rings is 1. The van der Waals surface area contributed by atoms with Gasteiger partial charge in [0.15, 0.2) is 11.5 Å². The molecule has 2 aromatic heterocycles. The third-order valence-corrected chi connectivity index (χ3v) is 4.96. The maximum absolute atomic E-state index is 5.82. The summed E-state index contributed by atoms with van der Waals surface area (Å²) in [6.45, 7) is 4.73. The SMILES string of the molecule is Cc1oc(-c2cccs2)nc1CN(C)Cc1ccc2c(c1)OCCO2. The van der Waals surface area contributed by atoms with Gasteiger partial charge in [-0.15, -0.1) is 11.3 Å². The van der Waals surface area contributed by atoms with Crippen LogP contribution >= 0.6 is 11.3 Å². The van der Waals surface area contributed by atoms with Crippen molar-refractivity contribution in [2.75, 3.05) is 20.3 Å². The zero-order valence-corrected chi connectivity index (χ0v) is 15.1. The Kier molecular flexibility index (Phi) is 4.46. The van der Waals surface area contributed by atoms with E-state index >= 15 is 0 Å². The molecule has 0 spiro atoms. The van der Waals surface area contributed by atoms with Crippen LogP contribution in [-0.4, -0.2) is 30.1 Å². The highest BCUT2D eigenvalue weighted by molar-refractivity contribution is 7.13. The summed E-state index contributed by atoms with van der Waals surface area (Å²) >= 11 is 1.64. The molecule has 25 heavy (non-hydrogen) atoms. The first-order chi connectivity index (χ1) is 12.2. The number of benzene rings is 1. The van der Waals surface area contributed by atoms with Gasteiger partial charge >= 0.3 is 0 Å². The number of rotatable bonds is 5. The molecule has 0 saturated heterocycles. The molecule has 0 atom stereocenters. The van der Waals surface area contributed by atoms with Crippen molar-refractivity contribution in [2.45, 2.75) is 20.0 Å². The van der Waals surface area contributed by atoms with Crippen LogP contribution in [0.25, 0.3) is 10.8 Å². The van der Waals surface area contributed by atoms with E-state index in [-0.39, 0.29) is 0 Å². The molecule has 3 heterocycles. The molecule has 4 rings (SSSR count). The highest BCUT2D eigenvalue weighted by Gasteiger charge is 2.15. The van der Waals surface area contributed by atoms with Crippen LogP contribution in [0.15, 0.2) is 40.1 Å². The second-order valence-corrected chi connectivity index (χ2v) is 7.10. The Balaban J connectivity index is 1.45. The van der Waals surface area contributed by atoms with Crippen LogP contribution in [-0.2, 0) is 13.1 Å². The summed E-state index contributed by atoms with van der Waals surface area (Å²) in [5.74, 6) is 3.23. The first-order valence-electron chi connectivity index (χ1n) is 8.26. The summed E-state index contributed by atoms with van der Waals surface area (Å²) in [6, 6.07) is 10.1. The largest absolute Gasteiger partial charge is 0.486 e. The van der Waals surface area contributed by atoms with Gasteiger partial charge in [-0.3, -0.25) is 4.90 Å². The van der Waals surface area contributed by atoms with Gasteiger partial charge in [0.2, 0.25) is 5.89 Å². The molecule has 5 nitrogen and oxygen atoms in total. The second kappa shape index (κ2) is 6.90. The Bertz CT molecular complexity index is 858.